The van der Waals surface area contributed by atoms with E-state index in [1.165, 1.54) is 53.9 Å². The standard InChI is InChI=1S/C38H42F2N8O3/c1-2-3-4-17-45-18-20-46(21-19-45)33-11-8-30(9-12-33)37(49)16-7-29-5-13-34(14-6-29)51-24-32-23-47(44-43-32)25-38(50,26-48-28-41-27-42-48)35-15-10-31(39)22-36(35)40/h5-16,22-23,27-28,50H,2-4,17-21,24-26H2,1H3. The maximum absolute atomic E-state index is 14.8. The summed E-state index contributed by atoms with van der Waals surface area (Å²) in [5.74, 6) is -1.13. The summed E-state index contributed by atoms with van der Waals surface area (Å²) in [4.78, 5) is 21.7. The molecule has 5 aromatic rings. The summed E-state index contributed by atoms with van der Waals surface area (Å²) in [6.07, 6.45) is 11.4. The Morgan fingerprint density at radius 1 is 0.961 bits per heavy atom. The molecule has 11 nitrogen and oxygen atoms in total. The van der Waals surface area contributed by atoms with Crippen molar-refractivity contribution < 1.29 is 23.4 Å². The van der Waals surface area contributed by atoms with Crippen molar-refractivity contribution in [3.8, 4) is 5.75 Å². The van der Waals surface area contributed by atoms with E-state index < -0.39 is 17.2 Å². The number of aliphatic hydroxyl groups is 1. The topological polar surface area (TPSA) is 114 Å². The zero-order chi connectivity index (χ0) is 35.6. The number of hydrogen-bond donors (Lipinski definition) is 1. The molecule has 266 valence electrons. The smallest absolute Gasteiger partial charge is 0.185 e. The lowest BCUT2D eigenvalue weighted by Gasteiger charge is -2.36. The number of benzene rings is 3. The van der Waals surface area contributed by atoms with Crippen LogP contribution in [0.4, 0.5) is 14.5 Å². The minimum absolute atomic E-state index is 0.0685. The van der Waals surface area contributed by atoms with Crippen molar-refractivity contribution in [3.05, 3.63) is 126 Å². The Balaban J connectivity index is 0.994. The Labute approximate surface area is 295 Å². The van der Waals surface area contributed by atoms with Gasteiger partial charge in [0.05, 0.1) is 19.3 Å². The van der Waals surface area contributed by atoms with Gasteiger partial charge in [0.25, 0.3) is 0 Å². The maximum Gasteiger partial charge on any atom is 0.185 e. The van der Waals surface area contributed by atoms with Crippen LogP contribution in [-0.4, -0.2) is 78.3 Å². The molecule has 0 saturated carbocycles. The van der Waals surface area contributed by atoms with Gasteiger partial charge in [0.15, 0.2) is 5.78 Å². The third-order valence-corrected chi connectivity index (χ3v) is 8.99. The number of halogens is 2. The van der Waals surface area contributed by atoms with E-state index in [1.807, 2.05) is 36.4 Å². The predicted molar refractivity (Wildman–Crippen MR) is 189 cm³/mol. The first-order valence-corrected chi connectivity index (χ1v) is 17.2. The molecule has 13 heteroatoms. The van der Waals surface area contributed by atoms with Crippen molar-refractivity contribution in [1.82, 2.24) is 34.7 Å². The van der Waals surface area contributed by atoms with Crippen LogP contribution in [0.5, 0.6) is 5.75 Å². The molecule has 1 N–H and O–H groups in total. The van der Waals surface area contributed by atoms with E-state index in [9.17, 15) is 18.7 Å². The fourth-order valence-corrected chi connectivity index (χ4v) is 6.17. The Morgan fingerprint density at radius 3 is 2.43 bits per heavy atom. The van der Waals surface area contributed by atoms with Gasteiger partial charge in [-0.25, -0.2) is 23.1 Å². The number of carbonyl (C=O) groups is 1. The third kappa shape index (κ3) is 9.50. The van der Waals surface area contributed by atoms with Crippen molar-refractivity contribution in [1.29, 1.82) is 0 Å². The molecule has 1 aliphatic rings. The molecule has 3 heterocycles. The molecule has 0 aliphatic carbocycles. The van der Waals surface area contributed by atoms with Crippen molar-refractivity contribution >= 4 is 17.5 Å². The lowest BCUT2D eigenvalue weighted by molar-refractivity contribution is -0.00892. The van der Waals surface area contributed by atoms with Gasteiger partial charge >= 0.3 is 0 Å². The van der Waals surface area contributed by atoms with Crippen LogP contribution in [0, 0.1) is 11.6 Å². The highest BCUT2D eigenvalue weighted by Crippen LogP contribution is 2.28. The maximum atomic E-state index is 14.8. The summed E-state index contributed by atoms with van der Waals surface area (Å²) < 4.78 is 37.0. The van der Waals surface area contributed by atoms with Gasteiger partial charge in [-0.05, 0) is 67.1 Å². The van der Waals surface area contributed by atoms with E-state index >= 15 is 0 Å². The molecule has 1 aliphatic heterocycles. The van der Waals surface area contributed by atoms with Gasteiger partial charge < -0.3 is 14.7 Å². The summed E-state index contributed by atoms with van der Waals surface area (Å²) in [5, 5.41) is 23.8. The summed E-state index contributed by atoms with van der Waals surface area (Å²) in [6, 6.07) is 18.1. The minimum Gasteiger partial charge on any atom is -0.487 e. The van der Waals surface area contributed by atoms with Crippen LogP contribution in [0.2, 0.25) is 0 Å². The number of piperazine rings is 1. The molecule has 51 heavy (non-hydrogen) atoms. The lowest BCUT2D eigenvalue weighted by Crippen LogP contribution is -2.46. The molecular formula is C38H42F2N8O3. The molecule has 3 aromatic carbocycles. The van der Waals surface area contributed by atoms with Crippen molar-refractivity contribution in [3.63, 3.8) is 0 Å². The highest BCUT2D eigenvalue weighted by Gasteiger charge is 2.35. The van der Waals surface area contributed by atoms with E-state index in [2.05, 4.69) is 37.1 Å². The van der Waals surface area contributed by atoms with Gasteiger partial charge in [-0.3, -0.25) is 9.69 Å². The number of unbranched alkanes of at least 4 members (excludes halogenated alkanes) is 2. The average molecular weight is 697 g/mol. The quantitative estimate of drug-likeness (QED) is 0.0809. The van der Waals surface area contributed by atoms with Crippen molar-refractivity contribution in [2.24, 2.45) is 0 Å². The number of ketones is 1. The van der Waals surface area contributed by atoms with Crippen LogP contribution in [0.25, 0.3) is 6.08 Å². The number of allylic oxidation sites excluding steroid dienone is 1. The summed E-state index contributed by atoms with van der Waals surface area (Å²) in [7, 11) is 0. The summed E-state index contributed by atoms with van der Waals surface area (Å²) >= 11 is 0. The zero-order valence-corrected chi connectivity index (χ0v) is 28.6. The number of rotatable bonds is 16. The van der Waals surface area contributed by atoms with E-state index in [1.54, 1.807) is 30.5 Å². The Bertz CT molecular complexity index is 1890. The van der Waals surface area contributed by atoms with Gasteiger partial charge in [-0.1, -0.05) is 49.3 Å². The van der Waals surface area contributed by atoms with Crippen LogP contribution in [0.3, 0.4) is 0 Å². The molecular weight excluding hydrogens is 654 g/mol. The fraction of sp³-hybridized carbons (Fsp3) is 0.342. The molecule has 0 amide bonds. The zero-order valence-electron chi connectivity index (χ0n) is 28.6. The number of nitrogens with zero attached hydrogens (tertiary/aromatic N) is 8. The fourth-order valence-electron chi connectivity index (χ4n) is 6.17. The third-order valence-electron chi connectivity index (χ3n) is 8.99. The highest BCUT2D eigenvalue weighted by molar-refractivity contribution is 6.07. The Kier molecular flexibility index (Phi) is 11.6. The molecule has 6 rings (SSSR count). The Morgan fingerprint density at radius 2 is 1.73 bits per heavy atom. The van der Waals surface area contributed by atoms with E-state index in [-0.39, 0.29) is 31.0 Å². The summed E-state index contributed by atoms with van der Waals surface area (Å²) in [5.41, 5.74) is 1.15. The molecule has 0 radical (unpaired) electrons. The second kappa shape index (κ2) is 16.6. The molecule has 1 saturated heterocycles. The molecule has 0 bridgehead atoms. The number of ether oxygens (including phenoxy) is 1. The molecule has 1 atom stereocenters. The molecule has 1 fully saturated rings. The predicted octanol–water partition coefficient (Wildman–Crippen LogP) is 5.52. The van der Waals surface area contributed by atoms with Crippen LogP contribution >= 0.6 is 0 Å². The lowest BCUT2D eigenvalue weighted by atomic mass is 9.93. The van der Waals surface area contributed by atoms with Crippen LogP contribution in [-0.2, 0) is 25.3 Å². The SMILES string of the molecule is CCCCCN1CCN(c2ccc(C(=O)C=Cc3ccc(OCc4cn(CC(O)(Cn5cncn5)c5ccc(F)cc5F)nn4)cc3)cc2)CC1. The molecule has 2 aromatic heterocycles. The van der Waals surface area contributed by atoms with Crippen LogP contribution in [0.15, 0.2) is 91.7 Å². The minimum atomic E-state index is -1.84. The van der Waals surface area contributed by atoms with Crippen LogP contribution < -0.4 is 9.64 Å². The first-order chi connectivity index (χ1) is 24.8. The average Bonchev–Trinajstić information content (AvgIpc) is 3.82. The Hall–Kier alpha value is -5.27. The number of aromatic nitrogens is 6. The highest BCUT2D eigenvalue weighted by atomic mass is 19.1. The second-order valence-electron chi connectivity index (χ2n) is 12.8. The van der Waals surface area contributed by atoms with E-state index in [0.717, 1.165) is 49.6 Å². The van der Waals surface area contributed by atoms with Gasteiger partial charge in [-0.2, -0.15) is 5.10 Å². The van der Waals surface area contributed by atoms with Gasteiger partial charge in [0.2, 0.25) is 0 Å². The van der Waals surface area contributed by atoms with Crippen molar-refractivity contribution in [2.75, 3.05) is 37.6 Å². The number of anilines is 1. The number of carbonyl (C=O) groups excluding carboxylic acids is 1. The van der Waals surface area contributed by atoms with Gasteiger partial charge in [0, 0.05) is 49.1 Å². The van der Waals surface area contributed by atoms with Gasteiger partial charge in [0.1, 0.15) is 47.9 Å². The van der Waals surface area contributed by atoms with Gasteiger partial charge in [-0.15, -0.1) is 5.10 Å². The summed E-state index contributed by atoms with van der Waals surface area (Å²) in [6.45, 7) is 7.28. The van der Waals surface area contributed by atoms with Crippen molar-refractivity contribution in [2.45, 2.75) is 51.5 Å². The number of hydrogen-bond acceptors (Lipinski definition) is 9. The molecule has 1 unspecified atom stereocenters. The molecule has 0 spiro atoms. The van der Waals surface area contributed by atoms with E-state index in [0.29, 0.717) is 17.0 Å². The first kappa shape index (κ1) is 35.6. The normalized spacial score (nSPS) is 14.9. The first-order valence-electron chi connectivity index (χ1n) is 17.2. The van der Waals surface area contributed by atoms with Crippen LogP contribution in [0.1, 0.15) is 53.4 Å². The second-order valence-corrected chi connectivity index (χ2v) is 12.8. The largest absolute Gasteiger partial charge is 0.487 e. The van der Waals surface area contributed by atoms with E-state index in [4.69, 9.17) is 4.74 Å². The monoisotopic (exact) mass is 696 g/mol.